The Balaban J connectivity index is 1.80. The molecule has 164 valence electrons. The molecule has 33 heavy (non-hydrogen) atoms. The highest BCUT2D eigenvalue weighted by atomic mass is 16.5. The molecule has 0 saturated carbocycles. The van der Waals surface area contributed by atoms with Crippen molar-refractivity contribution in [3.05, 3.63) is 77.9 Å². The predicted molar refractivity (Wildman–Crippen MR) is 122 cm³/mol. The molecule has 3 heterocycles. The third-order valence-electron chi connectivity index (χ3n) is 4.84. The molecule has 0 aliphatic heterocycles. The Kier molecular flexibility index (Phi) is 6.00. The molecule has 4 aromatic rings. The number of hydrogen-bond acceptors (Lipinski definition) is 8. The first-order valence-electron chi connectivity index (χ1n) is 9.94. The summed E-state index contributed by atoms with van der Waals surface area (Å²) in [5, 5.41) is 12.4. The Morgan fingerprint density at radius 2 is 1.88 bits per heavy atom. The van der Waals surface area contributed by atoms with Gasteiger partial charge in [0.15, 0.2) is 0 Å². The van der Waals surface area contributed by atoms with E-state index in [1.165, 1.54) is 14.2 Å². The van der Waals surface area contributed by atoms with Crippen molar-refractivity contribution >= 4 is 17.6 Å². The van der Waals surface area contributed by atoms with Gasteiger partial charge in [0.05, 0.1) is 25.9 Å². The predicted octanol–water partition coefficient (Wildman–Crippen LogP) is 4.05. The van der Waals surface area contributed by atoms with Crippen LogP contribution in [0, 0.1) is 18.3 Å². The lowest BCUT2D eigenvalue weighted by molar-refractivity contribution is 0.0596. The van der Waals surface area contributed by atoms with E-state index in [1.807, 2.05) is 42.1 Å². The topological polar surface area (TPSA) is 115 Å². The summed E-state index contributed by atoms with van der Waals surface area (Å²) in [5.41, 5.74) is 3.66. The maximum absolute atomic E-state index is 12.2. The van der Waals surface area contributed by atoms with Crippen LogP contribution in [0.15, 0.2) is 61.2 Å². The molecule has 0 bridgehead atoms. The number of nitrogens with one attached hydrogen (secondary N) is 1. The number of nitriles is 1. The quantitative estimate of drug-likeness (QED) is 0.447. The van der Waals surface area contributed by atoms with E-state index < -0.39 is 5.97 Å². The molecule has 0 aliphatic carbocycles. The zero-order valence-electron chi connectivity index (χ0n) is 18.2. The first kappa shape index (κ1) is 21.5. The van der Waals surface area contributed by atoms with Crippen molar-refractivity contribution in [1.29, 1.82) is 5.26 Å². The first-order valence-corrected chi connectivity index (χ1v) is 9.94. The van der Waals surface area contributed by atoms with Crippen LogP contribution in [-0.2, 0) is 4.74 Å². The molecule has 0 radical (unpaired) electrons. The summed E-state index contributed by atoms with van der Waals surface area (Å²) < 4.78 is 11.9. The van der Waals surface area contributed by atoms with Crippen LogP contribution in [0.2, 0.25) is 0 Å². The lowest BCUT2D eigenvalue weighted by atomic mass is 10.1. The number of rotatable bonds is 6. The van der Waals surface area contributed by atoms with Crippen molar-refractivity contribution in [2.45, 2.75) is 6.92 Å². The third-order valence-corrected chi connectivity index (χ3v) is 4.84. The monoisotopic (exact) mass is 440 g/mol. The summed E-state index contributed by atoms with van der Waals surface area (Å²) in [5.74, 6) is 0.538. The minimum atomic E-state index is -0.560. The van der Waals surface area contributed by atoms with Crippen LogP contribution in [0.5, 0.6) is 5.88 Å². The molecule has 0 amide bonds. The summed E-state index contributed by atoms with van der Waals surface area (Å²) in [6.45, 7) is 1.91. The second-order valence-electron chi connectivity index (χ2n) is 7.12. The second-order valence-corrected chi connectivity index (χ2v) is 7.12. The lowest BCUT2D eigenvalue weighted by Gasteiger charge is -2.14. The number of aromatic nitrogens is 4. The number of carbonyl (C=O) groups is 1. The minimum absolute atomic E-state index is 0.167. The van der Waals surface area contributed by atoms with Crippen molar-refractivity contribution in [1.82, 2.24) is 19.5 Å². The molecule has 1 aromatic carbocycles. The van der Waals surface area contributed by atoms with Crippen LogP contribution in [-0.4, -0.2) is 39.7 Å². The van der Waals surface area contributed by atoms with E-state index in [0.29, 0.717) is 34.1 Å². The molecule has 0 spiro atoms. The van der Waals surface area contributed by atoms with Crippen molar-refractivity contribution in [2.75, 3.05) is 19.5 Å². The highest BCUT2D eigenvalue weighted by Gasteiger charge is 2.18. The molecule has 3 aromatic heterocycles. The Hall–Kier alpha value is -4.71. The van der Waals surface area contributed by atoms with Crippen LogP contribution >= 0.6 is 0 Å². The smallest absolute Gasteiger partial charge is 0.343 e. The van der Waals surface area contributed by atoms with Gasteiger partial charge in [0.2, 0.25) is 11.8 Å². The van der Waals surface area contributed by atoms with E-state index in [9.17, 15) is 10.1 Å². The van der Waals surface area contributed by atoms with E-state index in [2.05, 4.69) is 21.4 Å². The van der Waals surface area contributed by atoms with Gasteiger partial charge in [-0.15, -0.1) is 0 Å². The zero-order chi connectivity index (χ0) is 23.4. The Labute approximate surface area is 190 Å². The van der Waals surface area contributed by atoms with Gasteiger partial charge in [0.1, 0.15) is 11.4 Å². The molecule has 0 unspecified atom stereocenters. The second kappa shape index (κ2) is 9.20. The summed E-state index contributed by atoms with van der Waals surface area (Å²) >= 11 is 0. The van der Waals surface area contributed by atoms with Crippen LogP contribution < -0.4 is 10.1 Å². The molecular formula is C24H20N6O3. The molecule has 0 atom stereocenters. The first-order chi connectivity index (χ1) is 16.0. The normalized spacial score (nSPS) is 10.4. The Morgan fingerprint density at radius 1 is 1.09 bits per heavy atom. The standard InChI is InChI=1S/C24H20N6O3/c1-15-8-16(12-25)10-18(9-15)28-24-27-14-20(21(29-24)30-6-4-5-7-30)17-11-19(23(31)33-3)22(32-2)26-13-17/h4-11,13-14H,1-3H3,(H,27,28,29). The SMILES string of the molecule is COC(=O)c1cc(-c2cnc(Nc3cc(C)cc(C#N)c3)nc2-n2cccc2)cnc1OC. The average molecular weight is 440 g/mol. The van der Waals surface area contributed by atoms with Gasteiger partial charge < -0.3 is 19.4 Å². The van der Waals surface area contributed by atoms with Crippen molar-refractivity contribution in [3.63, 3.8) is 0 Å². The number of carbonyl (C=O) groups excluding carboxylic acids is 1. The van der Waals surface area contributed by atoms with Crippen LogP contribution in [0.4, 0.5) is 11.6 Å². The molecule has 0 saturated heterocycles. The number of methoxy groups -OCH3 is 2. The van der Waals surface area contributed by atoms with E-state index in [-0.39, 0.29) is 11.4 Å². The summed E-state index contributed by atoms with van der Waals surface area (Å²) in [6, 6.07) is 13.0. The van der Waals surface area contributed by atoms with Gasteiger partial charge in [-0.2, -0.15) is 10.2 Å². The molecule has 0 fully saturated rings. The molecule has 9 heteroatoms. The molecule has 9 nitrogen and oxygen atoms in total. The summed E-state index contributed by atoms with van der Waals surface area (Å²) in [4.78, 5) is 25.6. The van der Waals surface area contributed by atoms with Gasteiger partial charge >= 0.3 is 5.97 Å². The number of pyridine rings is 1. The molecule has 4 rings (SSSR count). The van der Waals surface area contributed by atoms with Gasteiger partial charge in [-0.3, -0.25) is 0 Å². The number of hydrogen-bond donors (Lipinski definition) is 1. The zero-order valence-corrected chi connectivity index (χ0v) is 18.2. The number of nitrogens with zero attached hydrogens (tertiary/aromatic N) is 5. The number of aryl methyl sites for hydroxylation is 1. The number of ether oxygens (including phenoxy) is 2. The lowest BCUT2D eigenvalue weighted by Crippen LogP contribution is -2.07. The Bertz CT molecular complexity index is 1360. The van der Waals surface area contributed by atoms with Gasteiger partial charge in [0.25, 0.3) is 0 Å². The summed E-state index contributed by atoms with van der Waals surface area (Å²) in [6.07, 6.45) is 6.95. The fourth-order valence-corrected chi connectivity index (χ4v) is 3.38. The molecule has 1 N–H and O–H groups in total. The van der Waals surface area contributed by atoms with Gasteiger partial charge in [-0.05, 0) is 48.9 Å². The van der Waals surface area contributed by atoms with E-state index >= 15 is 0 Å². The fourth-order valence-electron chi connectivity index (χ4n) is 3.38. The van der Waals surface area contributed by atoms with Crippen LogP contribution in [0.1, 0.15) is 21.5 Å². The van der Waals surface area contributed by atoms with Crippen molar-refractivity contribution < 1.29 is 14.3 Å². The fraction of sp³-hybridized carbons (Fsp3) is 0.125. The van der Waals surface area contributed by atoms with Crippen LogP contribution in [0.25, 0.3) is 16.9 Å². The van der Waals surface area contributed by atoms with E-state index in [0.717, 1.165) is 5.56 Å². The molecular weight excluding hydrogens is 420 g/mol. The summed E-state index contributed by atoms with van der Waals surface area (Å²) in [7, 11) is 2.73. The van der Waals surface area contributed by atoms with Crippen LogP contribution in [0.3, 0.4) is 0 Å². The average Bonchev–Trinajstić information content (AvgIpc) is 3.37. The number of anilines is 2. The maximum Gasteiger partial charge on any atom is 0.343 e. The van der Waals surface area contributed by atoms with Gasteiger partial charge in [-0.25, -0.2) is 14.8 Å². The third kappa shape index (κ3) is 4.50. The van der Waals surface area contributed by atoms with Gasteiger partial charge in [0, 0.05) is 41.6 Å². The van der Waals surface area contributed by atoms with Crippen molar-refractivity contribution in [2.24, 2.45) is 0 Å². The highest BCUT2D eigenvalue weighted by Crippen LogP contribution is 2.29. The maximum atomic E-state index is 12.2. The minimum Gasteiger partial charge on any atom is -0.480 e. The van der Waals surface area contributed by atoms with E-state index in [4.69, 9.17) is 14.5 Å². The largest absolute Gasteiger partial charge is 0.480 e. The molecule has 0 aliphatic rings. The van der Waals surface area contributed by atoms with Gasteiger partial charge in [-0.1, -0.05) is 0 Å². The van der Waals surface area contributed by atoms with Crippen molar-refractivity contribution in [3.8, 4) is 28.9 Å². The Morgan fingerprint density at radius 3 is 2.58 bits per heavy atom. The highest BCUT2D eigenvalue weighted by molar-refractivity contribution is 5.93. The number of benzene rings is 1. The van der Waals surface area contributed by atoms with E-state index in [1.54, 1.807) is 30.6 Å². The number of esters is 1.